The molecule has 0 spiro atoms. The van der Waals surface area contributed by atoms with Gasteiger partial charge in [-0.3, -0.25) is 4.79 Å². The van der Waals surface area contributed by atoms with Crippen LogP contribution in [-0.4, -0.2) is 30.2 Å². The summed E-state index contributed by atoms with van der Waals surface area (Å²) in [5.41, 5.74) is 6.00. The standard InChI is InChI=1S/C20H22N2O2S2/c1-2-15-3-5-16(6-4-15)13-21-22-19(23)14-24-18-9-7-17(8-10-18)20-25-11-12-26-20/h3-10,13,20H,2,11-12,14H2,1H3,(H,22,23)/b21-13-. The summed E-state index contributed by atoms with van der Waals surface area (Å²) in [5.74, 6) is 2.82. The molecule has 1 amide bonds. The molecule has 1 saturated heterocycles. The molecule has 1 heterocycles. The first kappa shape index (κ1) is 18.9. The predicted molar refractivity (Wildman–Crippen MR) is 111 cm³/mol. The summed E-state index contributed by atoms with van der Waals surface area (Å²) in [6.45, 7) is 2.06. The third-order valence-corrected chi connectivity index (χ3v) is 7.04. The Balaban J connectivity index is 1.42. The molecule has 1 aliphatic heterocycles. The fraction of sp³-hybridized carbons (Fsp3) is 0.300. The zero-order valence-electron chi connectivity index (χ0n) is 14.7. The van der Waals surface area contributed by atoms with Crippen molar-refractivity contribution in [1.29, 1.82) is 0 Å². The van der Waals surface area contributed by atoms with Crippen LogP contribution in [0.1, 0.15) is 28.2 Å². The number of carbonyl (C=O) groups excluding carboxylic acids is 1. The number of hydrogen-bond acceptors (Lipinski definition) is 5. The Hall–Kier alpha value is -1.92. The molecule has 4 nitrogen and oxygen atoms in total. The highest BCUT2D eigenvalue weighted by atomic mass is 32.2. The lowest BCUT2D eigenvalue weighted by molar-refractivity contribution is -0.123. The van der Waals surface area contributed by atoms with Gasteiger partial charge in [-0.15, -0.1) is 23.5 Å². The lowest BCUT2D eigenvalue weighted by Crippen LogP contribution is -2.24. The smallest absolute Gasteiger partial charge is 0.277 e. The molecule has 0 radical (unpaired) electrons. The third kappa shape index (κ3) is 5.54. The van der Waals surface area contributed by atoms with Gasteiger partial charge in [-0.25, -0.2) is 5.43 Å². The maximum absolute atomic E-state index is 11.8. The van der Waals surface area contributed by atoms with Crippen molar-refractivity contribution in [3.8, 4) is 5.75 Å². The van der Waals surface area contributed by atoms with Gasteiger partial charge in [-0.05, 0) is 35.2 Å². The van der Waals surface area contributed by atoms with Crippen molar-refractivity contribution in [2.45, 2.75) is 17.9 Å². The number of hydrogen-bond donors (Lipinski definition) is 1. The van der Waals surface area contributed by atoms with Crippen LogP contribution < -0.4 is 10.2 Å². The molecule has 2 aromatic carbocycles. The van der Waals surface area contributed by atoms with E-state index < -0.39 is 0 Å². The molecule has 0 bridgehead atoms. The molecule has 1 fully saturated rings. The quantitative estimate of drug-likeness (QED) is 0.571. The van der Waals surface area contributed by atoms with E-state index >= 15 is 0 Å². The van der Waals surface area contributed by atoms with E-state index in [0.717, 1.165) is 12.0 Å². The largest absolute Gasteiger partial charge is 0.484 e. The number of benzene rings is 2. The number of carbonyl (C=O) groups is 1. The number of hydrazone groups is 1. The van der Waals surface area contributed by atoms with E-state index in [1.54, 1.807) is 6.21 Å². The number of thioether (sulfide) groups is 2. The molecule has 0 unspecified atom stereocenters. The van der Waals surface area contributed by atoms with Gasteiger partial charge in [-0.2, -0.15) is 5.10 Å². The molecule has 2 aromatic rings. The van der Waals surface area contributed by atoms with Crippen molar-refractivity contribution in [1.82, 2.24) is 5.43 Å². The van der Waals surface area contributed by atoms with Crippen LogP contribution >= 0.6 is 23.5 Å². The summed E-state index contributed by atoms with van der Waals surface area (Å²) in [6, 6.07) is 16.0. The number of ether oxygens (including phenoxy) is 1. The SMILES string of the molecule is CCc1ccc(/C=N\NC(=O)COc2ccc(C3SCCS3)cc2)cc1. The van der Waals surface area contributed by atoms with Gasteiger partial charge in [0.15, 0.2) is 6.61 Å². The van der Waals surface area contributed by atoms with Gasteiger partial charge in [0.25, 0.3) is 5.91 Å². The lowest BCUT2D eigenvalue weighted by atomic mass is 10.1. The van der Waals surface area contributed by atoms with Crippen molar-refractivity contribution < 1.29 is 9.53 Å². The minimum atomic E-state index is -0.280. The van der Waals surface area contributed by atoms with Crippen LogP contribution in [0, 0.1) is 0 Å². The minimum absolute atomic E-state index is 0.0572. The van der Waals surface area contributed by atoms with E-state index in [1.807, 2.05) is 47.8 Å². The van der Waals surface area contributed by atoms with Crippen molar-refractivity contribution in [2.24, 2.45) is 5.10 Å². The fourth-order valence-corrected chi connectivity index (χ4v) is 5.33. The molecule has 26 heavy (non-hydrogen) atoms. The minimum Gasteiger partial charge on any atom is -0.484 e. The van der Waals surface area contributed by atoms with Crippen molar-refractivity contribution >= 4 is 35.6 Å². The topological polar surface area (TPSA) is 50.7 Å². The summed E-state index contributed by atoms with van der Waals surface area (Å²) in [4.78, 5) is 11.8. The lowest BCUT2D eigenvalue weighted by Gasteiger charge is -2.10. The van der Waals surface area contributed by atoms with Crippen molar-refractivity contribution in [3.63, 3.8) is 0 Å². The third-order valence-electron chi connectivity index (χ3n) is 3.93. The maximum atomic E-state index is 11.8. The van der Waals surface area contributed by atoms with Crippen LogP contribution in [0.4, 0.5) is 0 Å². The van der Waals surface area contributed by atoms with Gasteiger partial charge in [0.2, 0.25) is 0 Å². The first-order chi connectivity index (χ1) is 12.7. The van der Waals surface area contributed by atoms with E-state index in [4.69, 9.17) is 4.74 Å². The van der Waals surface area contributed by atoms with Gasteiger partial charge in [-0.1, -0.05) is 43.3 Å². The Morgan fingerprint density at radius 1 is 1.15 bits per heavy atom. The highest BCUT2D eigenvalue weighted by Gasteiger charge is 2.17. The molecule has 3 rings (SSSR count). The summed E-state index contributed by atoms with van der Waals surface area (Å²) in [6.07, 6.45) is 2.63. The van der Waals surface area contributed by atoms with Crippen LogP contribution in [0.25, 0.3) is 0 Å². The summed E-state index contributed by atoms with van der Waals surface area (Å²) in [5, 5.41) is 3.97. The summed E-state index contributed by atoms with van der Waals surface area (Å²) < 4.78 is 6.04. The summed E-state index contributed by atoms with van der Waals surface area (Å²) in [7, 11) is 0. The van der Waals surface area contributed by atoms with Crippen LogP contribution in [0.15, 0.2) is 53.6 Å². The fourth-order valence-electron chi connectivity index (χ4n) is 2.47. The van der Waals surface area contributed by atoms with Gasteiger partial charge >= 0.3 is 0 Å². The molecular formula is C20H22N2O2S2. The molecule has 0 atom stereocenters. The van der Waals surface area contributed by atoms with Crippen LogP contribution in [0.2, 0.25) is 0 Å². The Labute approximate surface area is 162 Å². The Morgan fingerprint density at radius 2 is 1.85 bits per heavy atom. The van der Waals surface area contributed by atoms with E-state index in [-0.39, 0.29) is 12.5 Å². The molecule has 0 aliphatic carbocycles. The molecule has 0 aromatic heterocycles. The molecule has 1 N–H and O–H groups in total. The van der Waals surface area contributed by atoms with Gasteiger partial charge < -0.3 is 4.74 Å². The second kappa shape index (κ2) is 9.69. The highest BCUT2D eigenvalue weighted by molar-refractivity contribution is 8.19. The van der Waals surface area contributed by atoms with Crippen LogP contribution in [-0.2, 0) is 11.2 Å². The molecule has 0 saturated carbocycles. The van der Waals surface area contributed by atoms with E-state index in [1.165, 1.54) is 22.6 Å². The average Bonchev–Trinajstić information content (AvgIpc) is 3.22. The predicted octanol–water partition coefficient (Wildman–Crippen LogP) is 4.26. The molecular weight excluding hydrogens is 364 g/mol. The molecule has 1 aliphatic rings. The second-order valence-corrected chi connectivity index (χ2v) is 8.54. The van der Waals surface area contributed by atoms with E-state index in [9.17, 15) is 4.79 Å². The monoisotopic (exact) mass is 386 g/mol. The molecule has 6 heteroatoms. The second-order valence-electron chi connectivity index (χ2n) is 5.82. The zero-order valence-corrected chi connectivity index (χ0v) is 16.3. The number of aryl methyl sites for hydroxylation is 1. The average molecular weight is 387 g/mol. The van der Waals surface area contributed by atoms with Crippen LogP contribution in [0.3, 0.4) is 0 Å². The summed E-state index contributed by atoms with van der Waals surface area (Å²) >= 11 is 3.94. The highest BCUT2D eigenvalue weighted by Crippen LogP contribution is 2.45. The van der Waals surface area contributed by atoms with E-state index in [2.05, 4.69) is 41.7 Å². The maximum Gasteiger partial charge on any atom is 0.277 e. The zero-order chi connectivity index (χ0) is 18.2. The van der Waals surface area contributed by atoms with Gasteiger partial charge in [0, 0.05) is 11.5 Å². The van der Waals surface area contributed by atoms with Crippen molar-refractivity contribution in [2.75, 3.05) is 18.1 Å². The Kier molecular flexibility index (Phi) is 7.03. The van der Waals surface area contributed by atoms with Crippen molar-refractivity contribution in [3.05, 3.63) is 65.2 Å². The molecule has 136 valence electrons. The first-order valence-electron chi connectivity index (χ1n) is 8.61. The Bertz CT molecular complexity index is 739. The van der Waals surface area contributed by atoms with Gasteiger partial charge in [0.05, 0.1) is 10.8 Å². The van der Waals surface area contributed by atoms with E-state index in [0.29, 0.717) is 10.3 Å². The number of nitrogens with zero attached hydrogens (tertiary/aromatic N) is 1. The number of amides is 1. The van der Waals surface area contributed by atoms with Crippen LogP contribution in [0.5, 0.6) is 5.75 Å². The first-order valence-corrected chi connectivity index (χ1v) is 10.7. The normalized spacial score (nSPS) is 14.7. The number of rotatable bonds is 7. The Morgan fingerprint density at radius 3 is 2.50 bits per heavy atom. The number of nitrogens with one attached hydrogen (secondary N) is 1. The van der Waals surface area contributed by atoms with Gasteiger partial charge in [0.1, 0.15) is 5.75 Å².